The molecule has 0 saturated heterocycles. The third-order valence-electron chi connectivity index (χ3n) is 2.48. The zero-order valence-corrected chi connectivity index (χ0v) is 12.5. The van der Waals surface area contributed by atoms with E-state index in [4.69, 9.17) is 11.6 Å². The minimum absolute atomic E-state index is 0.0156. The standard InChI is InChI=1S/C13H10BrClOS/c1-7-6-10(8(2)17-7)13(16)9-4-3-5-11(14)12(9)15/h3-6H,1-2H3. The maximum Gasteiger partial charge on any atom is 0.195 e. The molecule has 88 valence electrons. The molecule has 2 rings (SSSR count). The van der Waals surface area contributed by atoms with Crippen molar-refractivity contribution in [3.63, 3.8) is 0 Å². The van der Waals surface area contributed by atoms with E-state index in [0.717, 1.165) is 19.8 Å². The first-order chi connectivity index (χ1) is 8.00. The molecule has 0 aliphatic carbocycles. The molecule has 4 heteroatoms. The van der Waals surface area contributed by atoms with Gasteiger partial charge >= 0.3 is 0 Å². The highest BCUT2D eigenvalue weighted by Crippen LogP contribution is 2.30. The number of hydrogen-bond acceptors (Lipinski definition) is 2. The Labute approximate surface area is 118 Å². The normalized spacial score (nSPS) is 10.6. The van der Waals surface area contributed by atoms with Crippen LogP contribution in [0.2, 0.25) is 5.02 Å². The van der Waals surface area contributed by atoms with Crippen LogP contribution in [0.4, 0.5) is 0 Å². The summed E-state index contributed by atoms with van der Waals surface area (Å²) in [5, 5.41) is 0.473. The molecule has 0 aliphatic rings. The van der Waals surface area contributed by atoms with Crippen LogP contribution in [0.25, 0.3) is 0 Å². The first-order valence-electron chi connectivity index (χ1n) is 5.06. The highest BCUT2D eigenvalue weighted by Gasteiger charge is 2.17. The summed E-state index contributed by atoms with van der Waals surface area (Å²) >= 11 is 11.1. The molecule has 0 radical (unpaired) electrons. The van der Waals surface area contributed by atoms with Crippen LogP contribution in [0, 0.1) is 13.8 Å². The number of aryl methyl sites for hydroxylation is 2. The van der Waals surface area contributed by atoms with Gasteiger partial charge in [0.15, 0.2) is 5.78 Å². The maximum absolute atomic E-state index is 12.4. The monoisotopic (exact) mass is 328 g/mol. The summed E-state index contributed by atoms with van der Waals surface area (Å²) in [5.41, 5.74) is 1.29. The van der Waals surface area contributed by atoms with Gasteiger partial charge in [-0.15, -0.1) is 11.3 Å². The second-order valence-corrected chi connectivity index (χ2v) is 6.45. The first kappa shape index (κ1) is 12.8. The number of carbonyl (C=O) groups excluding carboxylic acids is 1. The molecule has 1 heterocycles. The molecule has 0 saturated carbocycles. The van der Waals surface area contributed by atoms with E-state index in [-0.39, 0.29) is 5.78 Å². The van der Waals surface area contributed by atoms with Crippen molar-refractivity contribution in [2.24, 2.45) is 0 Å². The molecule has 0 unspecified atom stereocenters. The molecule has 0 bridgehead atoms. The van der Waals surface area contributed by atoms with Crippen molar-refractivity contribution < 1.29 is 4.79 Å². The topological polar surface area (TPSA) is 17.1 Å². The summed E-state index contributed by atoms with van der Waals surface area (Å²) in [7, 11) is 0. The highest BCUT2D eigenvalue weighted by molar-refractivity contribution is 9.10. The Balaban J connectivity index is 2.51. The van der Waals surface area contributed by atoms with E-state index in [9.17, 15) is 4.79 Å². The Kier molecular flexibility index (Phi) is 3.71. The molecule has 0 aliphatic heterocycles. The number of ketones is 1. The van der Waals surface area contributed by atoms with Crippen LogP contribution in [0.5, 0.6) is 0 Å². The zero-order valence-electron chi connectivity index (χ0n) is 9.38. The van der Waals surface area contributed by atoms with E-state index in [1.807, 2.05) is 32.0 Å². The Hall–Kier alpha value is -0.640. The Morgan fingerprint density at radius 1 is 1.29 bits per heavy atom. The molecule has 1 nitrogen and oxygen atoms in total. The van der Waals surface area contributed by atoms with Crippen LogP contribution < -0.4 is 0 Å². The molecule has 0 atom stereocenters. The third kappa shape index (κ3) is 2.46. The van der Waals surface area contributed by atoms with Gasteiger partial charge in [0.2, 0.25) is 0 Å². The van der Waals surface area contributed by atoms with Crippen molar-refractivity contribution >= 4 is 44.7 Å². The van der Waals surface area contributed by atoms with Gasteiger partial charge in [-0.2, -0.15) is 0 Å². The van der Waals surface area contributed by atoms with Crippen molar-refractivity contribution in [1.82, 2.24) is 0 Å². The van der Waals surface area contributed by atoms with Gasteiger partial charge in [0, 0.05) is 25.4 Å². The van der Waals surface area contributed by atoms with E-state index in [1.54, 1.807) is 17.4 Å². The molecule has 0 amide bonds. The van der Waals surface area contributed by atoms with E-state index < -0.39 is 0 Å². The number of halogens is 2. The number of benzene rings is 1. The summed E-state index contributed by atoms with van der Waals surface area (Å²) in [5.74, 6) is -0.0156. The van der Waals surface area contributed by atoms with Gasteiger partial charge in [-0.25, -0.2) is 0 Å². The predicted molar refractivity (Wildman–Crippen MR) is 76.4 cm³/mol. The quantitative estimate of drug-likeness (QED) is 0.708. The minimum Gasteiger partial charge on any atom is -0.289 e. The van der Waals surface area contributed by atoms with Crippen molar-refractivity contribution in [2.75, 3.05) is 0 Å². The molecule has 17 heavy (non-hydrogen) atoms. The van der Waals surface area contributed by atoms with E-state index >= 15 is 0 Å². The second kappa shape index (κ2) is 4.92. The van der Waals surface area contributed by atoms with Gasteiger partial charge in [-0.1, -0.05) is 17.7 Å². The summed E-state index contributed by atoms with van der Waals surface area (Å²) in [6, 6.07) is 7.31. The van der Waals surface area contributed by atoms with Crippen molar-refractivity contribution in [3.05, 3.63) is 54.6 Å². The van der Waals surface area contributed by atoms with Crippen LogP contribution in [-0.2, 0) is 0 Å². The highest BCUT2D eigenvalue weighted by atomic mass is 79.9. The van der Waals surface area contributed by atoms with Gasteiger partial charge in [0.25, 0.3) is 0 Å². The molecular formula is C13H10BrClOS. The lowest BCUT2D eigenvalue weighted by atomic mass is 10.0. The van der Waals surface area contributed by atoms with Crippen molar-refractivity contribution in [3.8, 4) is 0 Å². The smallest absolute Gasteiger partial charge is 0.195 e. The molecule has 2 aromatic rings. The predicted octanol–water partition coefficient (Wildman–Crippen LogP) is 5.01. The number of rotatable bonds is 2. The zero-order chi connectivity index (χ0) is 12.6. The Morgan fingerprint density at radius 3 is 2.59 bits per heavy atom. The van der Waals surface area contributed by atoms with E-state index in [0.29, 0.717) is 10.6 Å². The van der Waals surface area contributed by atoms with Crippen LogP contribution in [0.15, 0.2) is 28.7 Å². The summed E-state index contributed by atoms with van der Waals surface area (Å²) in [6.07, 6.45) is 0. The second-order valence-electron chi connectivity index (χ2n) is 3.76. The van der Waals surface area contributed by atoms with Crippen LogP contribution in [0.3, 0.4) is 0 Å². The van der Waals surface area contributed by atoms with Crippen LogP contribution in [-0.4, -0.2) is 5.78 Å². The maximum atomic E-state index is 12.4. The fourth-order valence-electron chi connectivity index (χ4n) is 1.68. The number of thiophene rings is 1. The average molecular weight is 330 g/mol. The molecule has 0 fully saturated rings. The van der Waals surface area contributed by atoms with Crippen LogP contribution >= 0.6 is 38.9 Å². The largest absolute Gasteiger partial charge is 0.289 e. The van der Waals surface area contributed by atoms with E-state index in [1.165, 1.54) is 0 Å². The van der Waals surface area contributed by atoms with Gasteiger partial charge < -0.3 is 0 Å². The average Bonchev–Trinajstić information content (AvgIpc) is 2.61. The Bertz CT molecular complexity index is 589. The van der Waals surface area contributed by atoms with Crippen molar-refractivity contribution in [1.29, 1.82) is 0 Å². The summed E-state index contributed by atoms with van der Waals surface area (Å²) in [4.78, 5) is 14.5. The molecule has 1 aromatic heterocycles. The first-order valence-corrected chi connectivity index (χ1v) is 7.05. The summed E-state index contributed by atoms with van der Waals surface area (Å²) in [6.45, 7) is 3.95. The lowest BCUT2D eigenvalue weighted by Crippen LogP contribution is -2.02. The van der Waals surface area contributed by atoms with Crippen molar-refractivity contribution in [2.45, 2.75) is 13.8 Å². The fraction of sp³-hybridized carbons (Fsp3) is 0.154. The van der Waals surface area contributed by atoms with Gasteiger partial charge in [-0.05, 0) is 48.0 Å². The minimum atomic E-state index is -0.0156. The van der Waals surface area contributed by atoms with Gasteiger partial charge in [-0.3, -0.25) is 4.79 Å². The molecule has 0 N–H and O–H groups in total. The third-order valence-corrected chi connectivity index (χ3v) is 4.74. The lowest BCUT2D eigenvalue weighted by molar-refractivity contribution is 0.103. The SMILES string of the molecule is Cc1cc(C(=O)c2cccc(Br)c2Cl)c(C)s1. The lowest BCUT2D eigenvalue weighted by Gasteiger charge is -2.04. The number of carbonyl (C=O) groups is 1. The Morgan fingerprint density at radius 2 is 2.00 bits per heavy atom. The molecule has 0 spiro atoms. The van der Waals surface area contributed by atoms with Gasteiger partial charge in [0.05, 0.1) is 5.02 Å². The van der Waals surface area contributed by atoms with E-state index in [2.05, 4.69) is 15.9 Å². The fourth-order valence-corrected chi connectivity index (χ4v) is 3.18. The van der Waals surface area contributed by atoms with Crippen LogP contribution in [0.1, 0.15) is 25.7 Å². The summed E-state index contributed by atoms with van der Waals surface area (Å²) < 4.78 is 0.745. The number of hydrogen-bond donors (Lipinski definition) is 0. The molecular weight excluding hydrogens is 320 g/mol. The molecule has 1 aromatic carbocycles. The van der Waals surface area contributed by atoms with Gasteiger partial charge in [0.1, 0.15) is 0 Å².